The molecule has 0 aliphatic carbocycles. The number of hydrogen-bond donors (Lipinski definition) is 0. The number of hydrogen-bond acceptors (Lipinski definition) is 5. The smallest absolute Gasteiger partial charge is 0.333 e. The van der Waals surface area contributed by atoms with Gasteiger partial charge in [0.25, 0.3) is 0 Å². The van der Waals surface area contributed by atoms with Gasteiger partial charge in [-0.05, 0) is 27.2 Å². The minimum absolute atomic E-state index is 0.0324. The van der Waals surface area contributed by atoms with Crippen molar-refractivity contribution in [2.75, 3.05) is 13.7 Å². The van der Waals surface area contributed by atoms with E-state index in [1.807, 2.05) is 20.8 Å². The first-order valence-electron chi connectivity index (χ1n) is 6.29. The second kappa shape index (κ2) is 7.94. The van der Waals surface area contributed by atoms with Crippen molar-refractivity contribution in [3.8, 4) is 0 Å². The van der Waals surface area contributed by atoms with E-state index in [9.17, 15) is 9.59 Å². The van der Waals surface area contributed by atoms with Gasteiger partial charge in [0.15, 0.2) is 0 Å². The number of rotatable bonds is 8. The van der Waals surface area contributed by atoms with E-state index >= 15 is 0 Å². The summed E-state index contributed by atoms with van der Waals surface area (Å²) in [7, 11) is 1.29. The van der Waals surface area contributed by atoms with E-state index in [0.29, 0.717) is 0 Å². The van der Waals surface area contributed by atoms with Crippen molar-refractivity contribution >= 4 is 11.9 Å². The van der Waals surface area contributed by atoms with Crippen molar-refractivity contribution in [2.45, 2.75) is 52.2 Å². The molecule has 0 rings (SSSR count). The van der Waals surface area contributed by atoms with Gasteiger partial charge in [-0.25, -0.2) is 4.79 Å². The topological polar surface area (TPSA) is 61.8 Å². The summed E-state index contributed by atoms with van der Waals surface area (Å²) >= 11 is 0. The molecule has 0 saturated carbocycles. The summed E-state index contributed by atoms with van der Waals surface area (Å²) in [6.07, 6.45) is 0.115. The van der Waals surface area contributed by atoms with Crippen LogP contribution in [0.4, 0.5) is 0 Å². The van der Waals surface area contributed by atoms with Crippen LogP contribution in [-0.2, 0) is 23.8 Å². The lowest BCUT2D eigenvalue weighted by Crippen LogP contribution is -2.33. The summed E-state index contributed by atoms with van der Waals surface area (Å²) < 4.78 is 15.4. The maximum absolute atomic E-state index is 11.5. The average molecular weight is 272 g/mol. The predicted molar refractivity (Wildman–Crippen MR) is 71.6 cm³/mol. The third kappa shape index (κ3) is 7.62. The van der Waals surface area contributed by atoms with Crippen LogP contribution in [0.25, 0.3) is 0 Å². The van der Waals surface area contributed by atoms with Crippen LogP contribution in [0.1, 0.15) is 40.5 Å². The zero-order valence-electron chi connectivity index (χ0n) is 12.4. The quantitative estimate of drug-likeness (QED) is 0.501. The molecule has 5 nitrogen and oxygen atoms in total. The average Bonchev–Trinajstić information content (AvgIpc) is 2.35. The SMILES string of the molecule is C=C(C)C(=O)OC(COC(C)(C)CC)CC(=O)OC. The van der Waals surface area contributed by atoms with E-state index < -0.39 is 18.0 Å². The van der Waals surface area contributed by atoms with Crippen molar-refractivity contribution in [1.82, 2.24) is 0 Å². The molecule has 1 unspecified atom stereocenters. The Morgan fingerprint density at radius 2 is 1.89 bits per heavy atom. The molecule has 0 heterocycles. The van der Waals surface area contributed by atoms with Crippen molar-refractivity contribution in [2.24, 2.45) is 0 Å². The van der Waals surface area contributed by atoms with Crippen LogP contribution in [0.15, 0.2) is 12.2 Å². The van der Waals surface area contributed by atoms with E-state index in [4.69, 9.17) is 9.47 Å². The summed E-state index contributed by atoms with van der Waals surface area (Å²) in [5.41, 5.74) is -0.0473. The lowest BCUT2D eigenvalue weighted by molar-refractivity contribution is -0.158. The second-order valence-corrected chi connectivity index (χ2v) is 5.01. The van der Waals surface area contributed by atoms with Crippen LogP contribution in [0.5, 0.6) is 0 Å². The molecule has 0 aromatic heterocycles. The van der Waals surface area contributed by atoms with Crippen LogP contribution < -0.4 is 0 Å². The molecular weight excluding hydrogens is 248 g/mol. The van der Waals surface area contributed by atoms with Gasteiger partial charge in [0.2, 0.25) is 0 Å². The van der Waals surface area contributed by atoms with Crippen LogP contribution in [-0.4, -0.2) is 37.4 Å². The monoisotopic (exact) mass is 272 g/mol. The molecule has 0 saturated heterocycles. The number of esters is 2. The van der Waals surface area contributed by atoms with E-state index in [-0.39, 0.29) is 24.2 Å². The van der Waals surface area contributed by atoms with Gasteiger partial charge in [0.1, 0.15) is 6.10 Å². The molecule has 110 valence electrons. The Kier molecular flexibility index (Phi) is 7.37. The molecule has 0 spiro atoms. The molecule has 0 radical (unpaired) electrons. The summed E-state index contributed by atoms with van der Waals surface area (Å²) in [6, 6.07) is 0. The highest BCUT2D eigenvalue weighted by molar-refractivity contribution is 5.87. The highest BCUT2D eigenvalue weighted by Gasteiger charge is 2.23. The fraction of sp³-hybridized carbons (Fsp3) is 0.714. The number of methoxy groups -OCH3 is 1. The van der Waals surface area contributed by atoms with Gasteiger partial charge >= 0.3 is 11.9 Å². The summed E-state index contributed by atoms with van der Waals surface area (Å²) in [4.78, 5) is 22.8. The van der Waals surface area contributed by atoms with Gasteiger partial charge in [-0.3, -0.25) is 4.79 Å². The molecule has 19 heavy (non-hydrogen) atoms. The number of carbonyl (C=O) groups is 2. The number of carbonyl (C=O) groups excluding carboxylic acids is 2. The maximum Gasteiger partial charge on any atom is 0.333 e. The third-order valence-electron chi connectivity index (χ3n) is 2.76. The van der Waals surface area contributed by atoms with Gasteiger partial charge < -0.3 is 14.2 Å². The minimum Gasteiger partial charge on any atom is -0.469 e. The summed E-state index contributed by atoms with van der Waals surface area (Å²) in [5, 5.41) is 0. The van der Waals surface area contributed by atoms with Gasteiger partial charge in [-0.15, -0.1) is 0 Å². The molecule has 1 atom stereocenters. The molecule has 0 aliphatic heterocycles. The molecular formula is C14H24O5. The lowest BCUT2D eigenvalue weighted by Gasteiger charge is -2.26. The molecule has 0 aromatic carbocycles. The molecule has 0 fully saturated rings. The summed E-state index contributed by atoms with van der Waals surface area (Å²) in [6.45, 7) is 11.1. The van der Waals surface area contributed by atoms with E-state index in [1.54, 1.807) is 6.92 Å². The predicted octanol–water partition coefficient (Wildman–Crippen LogP) is 2.24. The van der Waals surface area contributed by atoms with Crippen molar-refractivity contribution in [3.63, 3.8) is 0 Å². The van der Waals surface area contributed by atoms with Crippen LogP contribution in [0.2, 0.25) is 0 Å². The fourth-order valence-electron chi connectivity index (χ4n) is 1.08. The Morgan fingerprint density at radius 1 is 1.32 bits per heavy atom. The van der Waals surface area contributed by atoms with E-state index in [2.05, 4.69) is 11.3 Å². The Hall–Kier alpha value is -1.36. The lowest BCUT2D eigenvalue weighted by atomic mass is 10.1. The molecule has 5 heteroatoms. The fourth-order valence-corrected chi connectivity index (χ4v) is 1.08. The largest absolute Gasteiger partial charge is 0.469 e. The van der Waals surface area contributed by atoms with Crippen molar-refractivity contribution < 1.29 is 23.8 Å². The molecule has 0 aromatic rings. The second-order valence-electron chi connectivity index (χ2n) is 5.01. The molecule has 0 N–H and O–H groups in total. The van der Waals surface area contributed by atoms with Gasteiger partial charge in [0, 0.05) is 5.57 Å². The first-order chi connectivity index (χ1) is 8.71. The standard InChI is InChI=1S/C14H24O5/c1-7-14(4,5)18-9-11(8-12(15)17-6)19-13(16)10(2)3/h11H,2,7-9H2,1,3-6H3. The summed E-state index contributed by atoms with van der Waals surface area (Å²) in [5.74, 6) is -0.982. The molecule has 0 bridgehead atoms. The number of ether oxygens (including phenoxy) is 3. The van der Waals surface area contributed by atoms with Crippen molar-refractivity contribution in [1.29, 1.82) is 0 Å². The molecule has 0 amide bonds. The van der Waals surface area contributed by atoms with Gasteiger partial charge in [0.05, 0.1) is 25.7 Å². The van der Waals surface area contributed by atoms with Crippen LogP contribution >= 0.6 is 0 Å². The minimum atomic E-state index is -0.664. The van der Waals surface area contributed by atoms with Crippen molar-refractivity contribution in [3.05, 3.63) is 12.2 Å². The first kappa shape index (κ1) is 17.6. The maximum atomic E-state index is 11.5. The highest BCUT2D eigenvalue weighted by atomic mass is 16.6. The first-order valence-corrected chi connectivity index (χ1v) is 6.29. The van der Waals surface area contributed by atoms with Gasteiger partial charge in [-0.2, -0.15) is 0 Å². The Labute approximate surface area is 114 Å². The Bertz CT molecular complexity index is 333. The van der Waals surface area contributed by atoms with E-state index in [0.717, 1.165) is 6.42 Å². The Morgan fingerprint density at radius 3 is 2.32 bits per heavy atom. The van der Waals surface area contributed by atoms with Crippen LogP contribution in [0, 0.1) is 0 Å². The molecule has 0 aliphatic rings. The van der Waals surface area contributed by atoms with Crippen LogP contribution in [0.3, 0.4) is 0 Å². The Balaban J connectivity index is 4.54. The highest BCUT2D eigenvalue weighted by Crippen LogP contribution is 2.16. The zero-order chi connectivity index (χ0) is 15.1. The van der Waals surface area contributed by atoms with E-state index in [1.165, 1.54) is 7.11 Å². The van der Waals surface area contributed by atoms with Gasteiger partial charge in [-0.1, -0.05) is 13.5 Å². The zero-order valence-corrected chi connectivity index (χ0v) is 12.4. The normalized spacial score (nSPS) is 12.7. The third-order valence-corrected chi connectivity index (χ3v) is 2.76.